The van der Waals surface area contributed by atoms with Gasteiger partial charge < -0.3 is 10.4 Å². The maximum Gasteiger partial charge on any atom is 0.121 e. The highest BCUT2D eigenvalue weighted by atomic mass is 35.5. The van der Waals surface area contributed by atoms with Gasteiger partial charge in [0.25, 0.3) is 0 Å². The van der Waals surface area contributed by atoms with Crippen LogP contribution in [0.4, 0.5) is 0 Å². The predicted molar refractivity (Wildman–Crippen MR) is 55.1 cm³/mol. The van der Waals surface area contributed by atoms with E-state index in [1.807, 2.05) is 6.07 Å². The van der Waals surface area contributed by atoms with E-state index in [1.54, 1.807) is 12.1 Å². The lowest BCUT2D eigenvalue weighted by Crippen LogP contribution is -2.21. The van der Waals surface area contributed by atoms with Gasteiger partial charge in [0, 0.05) is 23.2 Å². The summed E-state index contributed by atoms with van der Waals surface area (Å²) in [4.78, 5) is 0. The second-order valence-corrected chi connectivity index (χ2v) is 3.75. The van der Waals surface area contributed by atoms with Crippen LogP contribution in [0.1, 0.15) is 19.4 Å². The number of nitrogens with one attached hydrogen (secondary N) is 1. The monoisotopic (exact) mass is 199 g/mol. The van der Waals surface area contributed by atoms with Crippen molar-refractivity contribution in [3.63, 3.8) is 0 Å². The molecule has 0 aliphatic heterocycles. The minimum absolute atomic E-state index is 0.251. The molecule has 1 aromatic carbocycles. The molecule has 0 aliphatic rings. The summed E-state index contributed by atoms with van der Waals surface area (Å²) in [5, 5.41) is 13.3. The fourth-order valence-electron chi connectivity index (χ4n) is 1.00. The summed E-state index contributed by atoms with van der Waals surface area (Å²) in [5.74, 6) is 0.251. The van der Waals surface area contributed by atoms with Crippen LogP contribution in [0.3, 0.4) is 0 Å². The van der Waals surface area contributed by atoms with Crippen LogP contribution in [0.2, 0.25) is 5.02 Å². The number of rotatable bonds is 3. The van der Waals surface area contributed by atoms with Crippen LogP contribution in [0.5, 0.6) is 5.75 Å². The number of phenolic OH excluding ortho intramolecular Hbond substituents is 1. The van der Waals surface area contributed by atoms with Gasteiger partial charge in [0.15, 0.2) is 0 Å². The van der Waals surface area contributed by atoms with Gasteiger partial charge in [-0.1, -0.05) is 31.5 Å². The molecule has 0 amide bonds. The highest BCUT2D eigenvalue weighted by Gasteiger charge is 2.01. The van der Waals surface area contributed by atoms with Crippen molar-refractivity contribution in [2.24, 2.45) is 0 Å². The van der Waals surface area contributed by atoms with Crippen molar-refractivity contribution in [2.75, 3.05) is 0 Å². The molecule has 0 saturated carbocycles. The van der Waals surface area contributed by atoms with Crippen LogP contribution in [-0.4, -0.2) is 11.1 Å². The fraction of sp³-hybridized carbons (Fsp3) is 0.400. The van der Waals surface area contributed by atoms with Gasteiger partial charge in [-0.2, -0.15) is 0 Å². The number of hydrogen-bond acceptors (Lipinski definition) is 2. The minimum atomic E-state index is 0.251. The minimum Gasteiger partial charge on any atom is -0.508 e. The van der Waals surface area contributed by atoms with Gasteiger partial charge in [0.2, 0.25) is 0 Å². The Labute approximate surface area is 83.5 Å². The normalized spacial score (nSPS) is 10.8. The van der Waals surface area contributed by atoms with Crippen LogP contribution in [-0.2, 0) is 6.54 Å². The average Bonchev–Trinajstić information content (AvgIpc) is 2.02. The lowest BCUT2D eigenvalue weighted by Gasteiger charge is -2.09. The smallest absolute Gasteiger partial charge is 0.121 e. The molecule has 0 aromatic heterocycles. The van der Waals surface area contributed by atoms with Crippen LogP contribution in [0.25, 0.3) is 0 Å². The summed E-state index contributed by atoms with van der Waals surface area (Å²) in [6.07, 6.45) is 0. The third-order valence-electron chi connectivity index (χ3n) is 1.75. The molecule has 2 N–H and O–H groups in total. The molecule has 0 unspecified atom stereocenters. The number of hydrogen-bond donors (Lipinski definition) is 2. The van der Waals surface area contributed by atoms with Crippen LogP contribution in [0, 0.1) is 0 Å². The quantitative estimate of drug-likeness (QED) is 0.784. The Morgan fingerprint density at radius 2 is 2.15 bits per heavy atom. The van der Waals surface area contributed by atoms with E-state index >= 15 is 0 Å². The second-order valence-electron chi connectivity index (χ2n) is 3.31. The molecule has 0 aliphatic carbocycles. The summed E-state index contributed by atoms with van der Waals surface area (Å²) < 4.78 is 0. The number of benzene rings is 1. The first-order valence-corrected chi connectivity index (χ1v) is 4.68. The summed E-state index contributed by atoms with van der Waals surface area (Å²) in [7, 11) is 0. The Balaban J connectivity index is 2.67. The van der Waals surface area contributed by atoms with Crippen LogP contribution < -0.4 is 5.32 Å². The third kappa shape index (κ3) is 3.25. The Bertz CT molecular complexity index is 286. The molecule has 0 saturated heterocycles. The SMILES string of the molecule is CC(C)NCc1ccc(Cl)cc1O. The zero-order valence-corrected chi connectivity index (χ0v) is 8.60. The van der Waals surface area contributed by atoms with E-state index in [0.717, 1.165) is 5.56 Å². The van der Waals surface area contributed by atoms with E-state index in [2.05, 4.69) is 19.2 Å². The van der Waals surface area contributed by atoms with E-state index in [9.17, 15) is 5.11 Å². The summed E-state index contributed by atoms with van der Waals surface area (Å²) in [5.41, 5.74) is 0.873. The Morgan fingerprint density at radius 1 is 1.46 bits per heavy atom. The number of phenols is 1. The molecule has 0 radical (unpaired) electrons. The zero-order valence-electron chi connectivity index (χ0n) is 7.84. The standard InChI is InChI=1S/C10H14ClNO/c1-7(2)12-6-8-3-4-9(11)5-10(8)13/h3-5,7,12-13H,6H2,1-2H3. The van der Waals surface area contributed by atoms with Gasteiger partial charge in [-0.25, -0.2) is 0 Å². The molecule has 1 rings (SSSR count). The van der Waals surface area contributed by atoms with Gasteiger partial charge in [-0.3, -0.25) is 0 Å². The van der Waals surface area contributed by atoms with Crippen molar-refractivity contribution < 1.29 is 5.11 Å². The molecule has 13 heavy (non-hydrogen) atoms. The van der Waals surface area contributed by atoms with Crippen LogP contribution >= 0.6 is 11.6 Å². The lowest BCUT2D eigenvalue weighted by molar-refractivity contribution is 0.461. The first kappa shape index (κ1) is 10.4. The summed E-state index contributed by atoms with van der Waals surface area (Å²) >= 11 is 5.70. The molecular formula is C10H14ClNO. The van der Waals surface area contributed by atoms with Crippen molar-refractivity contribution in [1.82, 2.24) is 5.32 Å². The summed E-state index contributed by atoms with van der Waals surface area (Å²) in [6, 6.07) is 5.57. The van der Waals surface area contributed by atoms with Crippen molar-refractivity contribution in [1.29, 1.82) is 0 Å². The molecule has 72 valence electrons. The van der Waals surface area contributed by atoms with Gasteiger partial charge in [-0.05, 0) is 12.1 Å². The first-order valence-electron chi connectivity index (χ1n) is 4.30. The van der Waals surface area contributed by atoms with E-state index in [1.165, 1.54) is 0 Å². The highest BCUT2D eigenvalue weighted by Crippen LogP contribution is 2.21. The Morgan fingerprint density at radius 3 is 2.69 bits per heavy atom. The van der Waals surface area contributed by atoms with Crippen molar-refractivity contribution in [2.45, 2.75) is 26.4 Å². The molecule has 3 heteroatoms. The van der Waals surface area contributed by atoms with E-state index in [4.69, 9.17) is 11.6 Å². The lowest BCUT2D eigenvalue weighted by atomic mass is 10.2. The zero-order chi connectivity index (χ0) is 9.84. The number of aromatic hydroxyl groups is 1. The summed E-state index contributed by atoms with van der Waals surface area (Å²) in [6.45, 7) is 4.79. The Kier molecular flexibility index (Phi) is 3.58. The Hall–Kier alpha value is -0.730. The van der Waals surface area contributed by atoms with Gasteiger partial charge in [0.05, 0.1) is 0 Å². The molecule has 0 atom stereocenters. The molecule has 1 aromatic rings. The largest absolute Gasteiger partial charge is 0.508 e. The molecule has 0 fully saturated rings. The van der Waals surface area contributed by atoms with E-state index in [0.29, 0.717) is 17.6 Å². The van der Waals surface area contributed by atoms with Crippen molar-refractivity contribution >= 4 is 11.6 Å². The maximum absolute atomic E-state index is 9.48. The van der Waals surface area contributed by atoms with Gasteiger partial charge in [0.1, 0.15) is 5.75 Å². The molecule has 0 bridgehead atoms. The van der Waals surface area contributed by atoms with Crippen molar-refractivity contribution in [3.05, 3.63) is 28.8 Å². The highest BCUT2D eigenvalue weighted by molar-refractivity contribution is 6.30. The first-order chi connectivity index (χ1) is 6.09. The van der Waals surface area contributed by atoms with Gasteiger partial charge >= 0.3 is 0 Å². The second kappa shape index (κ2) is 4.49. The molecular weight excluding hydrogens is 186 g/mol. The topological polar surface area (TPSA) is 32.3 Å². The maximum atomic E-state index is 9.48. The van der Waals surface area contributed by atoms with Gasteiger partial charge in [-0.15, -0.1) is 0 Å². The predicted octanol–water partition coefficient (Wildman–Crippen LogP) is 2.54. The van der Waals surface area contributed by atoms with E-state index in [-0.39, 0.29) is 5.75 Å². The van der Waals surface area contributed by atoms with E-state index < -0.39 is 0 Å². The average molecular weight is 200 g/mol. The van der Waals surface area contributed by atoms with Crippen LogP contribution in [0.15, 0.2) is 18.2 Å². The molecule has 2 nitrogen and oxygen atoms in total. The molecule has 0 spiro atoms. The number of halogens is 1. The third-order valence-corrected chi connectivity index (χ3v) is 1.98. The molecule has 0 heterocycles. The van der Waals surface area contributed by atoms with Crippen molar-refractivity contribution in [3.8, 4) is 5.75 Å². The fourth-order valence-corrected chi connectivity index (χ4v) is 1.17.